The Morgan fingerprint density at radius 3 is 2.83 bits per heavy atom. The Hall–Kier alpha value is -2.20. The van der Waals surface area contributed by atoms with Crippen LogP contribution < -0.4 is 4.74 Å². The van der Waals surface area contributed by atoms with Crippen molar-refractivity contribution in [3.63, 3.8) is 0 Å². The van der Waals surface area contributed by atoms with Crippen molar-refractivity contribution in [3.8, 4) is 5.88 Å². The molecule has 1 aromatic carbocycles. The second kappa shape index (κ2) is 6.36. The van der Waals surface area contributed by atoms with Crippen molar-refractivity contribution in [1.82, 2.24) is 9.88 Å². The summed E-state index contributed by atoms with van der Waals surface area (Å²) in [6.07, 6.45) is 6.76. The van der Waals surface area contributed by atoms with Gasteiger partial charge in [-0.25, -0.2) is 9.37 Å². The zero-order valence-electron chi connectivity index (χ0n) is 13.8. The second-order valence-corrected chi connectivity index (χ2v) is 6.56. The van der Waals surface area contributed by atoms with Crippen LogP contribution in [0.3, 0.4) is 0 Å². The van der Waals surface area contributed by atoms with Crippen LogP contribution in [-0.2, 0) is 6.54 Å². The molecule has 3 nitrogen and oxygen atoms in total. The largest absolute Gasteiger partial charge is 0.481 e. The first kappa shape index (κ1) is 15.3. The third-order valence-electron chi connectivity index (χ3n) is 5.10. The van der Waals surface area contributed by atoms with Crippen LogP contribution in [0, 0.1) is 5.82 Å². The van der Waals surface area contributed by atoms with E-state index in [0.717, 1.165) is 30.5 Å². The average molecular weight is 324 g/mol. The predicted molar refractivity (Wildman–Crippen MR) is 92.1 cm³/mol. The van der Waals surface area contributed by atoms with Crippen molar-refractivity contribution in [3.05, 3.63) is 65.6 Å². The quantitative estimate of drug-likeness (QED) is 0.848. The van der Waals surface area contributed by atoms with Crippen molar-refractivity contribution >= 4 is 5.57 Å². The summed E-state index contributed by atoms with van der Waals surface area (Å²) < 4.78 is 19.0. The van der Waals surface area contributed by atoms with Gasteiger partial charge in [-0.05, 0) is 36.5 Å². The third kappa shape index (κ3) is 2.82. The highest BCUT2D eigenvalue weighted by Gasteiger charge is 2.37. The maximum absolute atomic E-state index is 13.7. The van der Waals surface area contributed by atoms with Gasteiger partial charge in [0.05, 0.1) is 13.3 Å². The lowest BCUT2D eigenvalue weighted by atomic mass is 9.95. The topological polar surface area (TPSA) is 25.4 Å². The molecular weight excluding hydrogens is 303 g/mol. The van der Waals surface area contributed by atoms with Crippen LogP contribution in [0.1, 0.15) is 30.4 Å². The number of hydrogen-bond donors (Lipinski definition) is 0. The van der Waals surface area contributed by atoms with E-state index < -0.39 is 0 Å². The van der Waals surface area contributed by atoms with E-state index in [9.17, 15) is 4.39 Å². The van der Waals surface area contributed by atoms with Crippen LogP contribution in [0.5, 0.6) is 5.88 Å². The fourth-order valence-corrected chi connectivity index (χ4v) is 3.98. The molecule has 4 heteroatoms. The number of rotatable bonds is 4. The van der Waals surface area contributed by atoms with Crippen LogP contribution in [0.2, 0.25) is 0 Å². The Bertz CT molecular complexity index is 759. The molecule has 0 amide bonds. The summed E-state index contributed by atoms with van der Waals surface area (Å²) in [6, 6.07) is 13.0. The molecule has 0 aliphatic carbocycles. The van der Waals surface area contributed by atoms with Gasteiger partial charge in [-0.2, -0.15) is 0 Å². The van der Waals surface area contributed by atoms with Gasteiger partial charge in [0.1, 0.15) is 5.82 Å². The fourth-order valence-electron chi connectivity index (χ4n) is 3.98. The van der Waals surface area contributed by atoms with Crippen molar-refractivity contribution in [2.45, 2.75) is 37.9 Å². The molecular formula is C20H21FN2O. The van der Waals surface area contributed by atoms with Gasteiger partial charge in [0.25, 0.3) is 0 Å². The highest BCUT2D eigenvalue weighted by molar-refractivity contribution is 5.71. The van der Waals surface area contributed by atoms with E-state index in [1.54, 1.807) is 13.2 Å². The highest BCUT2D eigenvalue weighted by atomic mass is 19.1. The van der Waals surface area contributed by atoms with Crippen LogP contribution in [0.15, 0.2) is 48.7 Å². The summed E-state index contributed by atoms with van der Waals surface area (Å²) in [5.41, 5.74) is 3.31. The van der Waals surface area contributed by atoms with Crippen molar-refractivity contribution in [2.75, 3.05) is 7.11 Å². The zero-order valence-corrected chi connectivity index (χ0v) is 13.8. The standard InChI is InChI=1S/C20H21FN2O/c1-24-20-19(11-16(21)12-22-20)15-9-17-7-8-18(10-15)23(17)13-14-5-3-2-4-6-14/h2-6,9,11-12,17-18H,7-8,10,13H2,1H3. The van der Waals surface area contributed by atoms with Crippen molar-refractivity contribution < 1.29 is 9.13 Å². The first-order valence-electron chi connectivity index (χ1n) is 8.45. The second-order valence-electron chi connectivity index (χ2n) is 6.56. The van der Waals surface area contributed by atoms with Crippen LogP contribution >= 0.6 is 0 Å². The maximum atomic E-state index is 13.7. The summed E-state index contributed by atoms with van der Waals surface area (Å²) in [4.78, 5) is 6.64. The number of ether oxygens (including phenoxy) is 1. The molecule has 2 aliphatic rings. The molecule has 2 unspecified atom stereocenters. The van der Waals surface area contributed by atoms with Crippen LogP contribution in [-0.4, -0.2) is 29.1 Å². The Kier molecular flexibility index (Phi) is 4.07. The van der Waals surface area contributed by atoms with E-state index in [1.165, 1.54) is 18.2 Å². The van der Waals surface area contributed by atoms with Gasteiger partial charge in [0, 0.05) is 24.2 Å². The molecule has 2 aromatic rings. The van der Waals surface area contributed by atoms with Gasteiger partial charge in [-0.1, -0.05) is 36.4 Å². The third-order valence-corrected chi connectivity index (χ3v) is 5.10. The van der Waals surface area contributed by atoms with E-state index in [0.29, 0.717) is 18.0 Å². The SMILES string of the molecule is COc1ncc(F)cc1C1=CC2CCC(C1)N2Cc1ccccc1. The Balaban J connectivity index is 1.61. The van der Waals surface area contributed by atoms with Gasteiger partial charge in [-0.15, -0.1) is 0 Å². The molecule has 1 fully saturated rings. The Morgan fingerprint density at radius 2 is 2.08 bits per heavy atom. The first-order chi connectivity index (χ1) is 11.7. The molecule has 0 radical (unpaired) electrons. The normalized spacial score (nSPS) is 23.2. The number of hydrogen-bond acceptors (Lipinski definition) is 3. The zero-order chi connectivity index (χ0) is 16.5. The predicted octanol–water partition coefficient (Wildman–Crippen LogP) is 4.05. The van der Waals surface area contributed by atoms with E-state index >= 15 is 0 Å². The minimum absolute atomic E-state index is 0.314. The Morgan fingerprint density at radius 1 is 1.25 bits per heavy atom. The molecule has 4 rings (SSSR count). The summed E-state index contributed by atoms with van der Waals surface area (Å²) in [5.74, 6) is 0.198. The summed E-state index contributed by atoms with van der Waals surface area (Å²) >= 11 is 0. The molecule has 2 bridgehead atoms. The Labute approximate surface area is 141 Å². The number of aromatic nitrogens is 1. The summed E-state index contributed by atoms with van der Waals surface area (Å²) in [6.45, 7) is 0.971. The molecule has 124 valence electrons. The number of benzene rings is 1. The minimum Gasteiger partial charge on any atom is -0.481 e. The fraction of sp³-hybridized carbons (Fsp3) is 0.350. The molecule has 0 N–H and O–H groups in total. The molecule has 1 aromatic heterocycles. The number of methoxy groups -OCH3 is 1. The van der Waals surface area contributed by atoms with Crippen molar-refractivity contribution in [2.24, 2.45) is 0 Å². The molecule has 3 heterocycles. The van der Waals surface area contributed by atoms with Gasteiger partial charge in [-0.3, -0.25) is 4.90 Å². The van der Waals surface area contributed by atoms with E-state index in [-0.39, 0.29) is 5.82 Å². The molecule has 0 spiro atoms. The lowest BCUT2D eigenvalue weighted by Gasteiger charge is -2.34. The first-order valence-corrected chi connectivity index (χ1v) is 8.45. The highest BCUT2D eigenvalue weighted by Crippen LogP contribution is 2.41. The van der Waals surface area contributed by atoms with E-state index in [1.807, 2.05) is 0 Å². The number of nitrogens with zero attached hydrogens (tertiary/aromatic N) is 2. The molecule has 1 saturated heterocycles. The average Bonchev–Trinajstić information content (AvgIpc) is 2.84. The molecule has 2 atom stereocenters. The summed E-state index contributed by atoms with van der Waals surface area (Å²) in [7, 11) is 1.59. The maximum Gasteiger partial charge on any atom is 0.220 e. The number of pyridine rings is 1. The molecule has 0 saturated carbocycles. The lowest BCUT2D eigenvalue weighted by molar-refractivity contribution is 0.203. The molecule has 24 heavy (non-hydrogen) atoms. The van der Waals surface area contributed by atoms with Crippen LogP contribution in [0.25, 0.3) is 5.57 Å². The van der Waals surface area contributed by atoms with Gasteiger partial charge in [0.15, 0.2) is 0 Å². The van der Waals surface area contributed by atoms with Crippen molar-refractivity contribution in [1.29, 1.82) is 0 Å². The smallest absolute Gasteiger partial charge is 0.220 e. The van der Waals surface area contributed by atoms with Gasteiger partial charge >= 0.3 is 0 Å². The summed E-state index contributed by atoms with van der Waals surface area (Å²) in [5, 5.41) is 0. The van der Waals surface area contributed by atoms with Gasteiger partial charge in [0.2, 0.25) is 5.88 Å². The minimum atomic E-state index is -0.314. The van der Waals surface area contributed by atoms with Crippen LogP contribution in [0.4, 0.5) is 4.39 Å². The van der Waals surface area contributed by atoms with Gasteiger partial charge < -0.3 is 4.74 Å². The monoisotopic (exact) mass is 324 g/mol. The number of fused-ring (bicyclic) bond motifs is 2. The van der Waals surface area contributed by atoms with E-state index in [2.05, 4.69) is 46.3 Å². The molecule has 2 aliphatic heterocycles. The van der Waals surface area contributed by atoms with E-state index in [4.69, 9.17) is 4.74 Å². The number of halogens is 1. The lowest BCUT2D eigenvalue weighted by Crippen LogP contribution is -2.37.